The number of rotatable bonds is 6. The Labute approximate surface area is 127 Å². The van der Waals surface area contributed by atoms with Gasteiger partial charge in [-0.25, -0.2) is 4.79 Å². The summed E-state index contributed by atoms with van der Waals surface area (Å²) in [6.45, 7) is 2.89. The van der Waals surface area contributed by atoms with Crippen molar-refractivity contribution in [2.75, 3.05) is 11.9 Å². The van der Waals surface area contributed by atoms with Crippen LogP contribution in [0.1, 0.15) is 12.7 Å². The molecule has 0 radical (unpaired) electrons. The number of esters is 1. The van der Waals surface area contributed by atoms with Gasteiger partial charge in [0.05, 0.1) is 0 Å². The van der Waals surface area contributed by atoms with Crippen LogP contribution in [0, 0.1) is 6.92 Å². The van der Waals surface area contributed by atoms with Crippen molar-refractivity contribution in [2.45, 2.75) is 20.0 Å². The number of ether oxygens (including phenoxy) is 2. The summed E-state index contributed by atoms with van der Waals surface area (Å²) in [4.78, 5) is 23.4. The highest BCUT2D eigenvalue weighted by atomic mass is 16.6. The minimum absolute atomic E-state index is 0.269. The molecule has 0 aliphatic carbocycles. The summed E-state index contributed by atoms with van der Waals surface area (Å²) < 4.78 is 15.0. The van der Waals surface area contributed by atoms with Crippen LogP contribution in [0.15, 0.2) is 40.9 Å². The Kier molecular flexibility index (Phi) is 5.13. The van der Waals surface area contributed by atoms with Gasteiger partial charge in [-0.15, -0.1) is 0 Å². The molecule has 116 valence electrons. The number of hydrogen-bond donors (Lipinski definition) is 1. The Balaban J connectivity index is 1.76. The summed E-state index contributed by atoms with van der Waals surface area (Å²) in [5, 5.41) is 6.10. The Bertz CT molecular complexity index is 638. The van der Waals surface area contributed by atoms with Gasteiger partial charge in [0.1, 0.15) is 11.5 Å². The largest absolute Gasteiger partial charge is 0.482 e. The van der Waals surface area contributed by atoms with Crippen molar-refractivity contribution in [2.24, 2.45) is 0 Å². The number of amides is 1. The summed E-state index contributed by atoms with van der Waals surface area (Å²) in [6, 6.07) is 10.4. The van der Waals surface area contributed by atoms with Gasteiger partial charge < -0.3 is 19.3 Å². The van der Waals surface area contributed by atoms with E-state index >= 15 is 0 Å². The monoisotopic (exact) mass is 304 g/mol. The third-order valence-electron chi connectivity index (χ3n) is 2.66. The van der Waals surface area contributed by atoms with Crippen LogP contribution in [-0.4, -0.2) is 29.7 Å². The molecule has 0 spiro atoms. The number of para-hydroxylation sites is 1. The third-order valence-corrected chi connectivity index (χ3v) is 2.66. The Morgan fingerprint density at radius 1 is 1.32 bits per heavy atom. The molecule has 1 aromatic heterocycles. The first-order valence-corrected chi connectivity index (χ1v) is 6.66. The fourth-order valence-electron chi connectivity index (χ4n) is 1.60. The summed E-state index contributed by atoms with van der Waals surface area (Å²) in [6.07, 6.45) is -0.969. The van der Waals surface area contributed by atoms with E-state index in [1.165, 1.54) is 6.92 Å². The van der Waals surface area contributed by atoms with Crippen molar-refractivity contribution in [1.29, 1.82) is 0 Å². The maximum absolute atomic E-state index is 11.8. The number of benzene rings is 1. The summed E-state index contributed by atoms with van der Waals surface area (Å²) in [7, 11) is 0. The van der Waals surface area contributed by atoms with E-state index < -0.39 is 18.0 Å². The predicted octanol–water partition coefficient (Wildman–Crippen LogP) is 1.93. The number of nitrogens with one attached hydrogen (secondary N) is 1. The zero-order valence-electron chi connectivity index (χ0n) is 12.2. The Morgan fingerprint density at radius 2 is 2.05 bits per heavy atom. The molecule has 0 saturated heterocycles. The lowest BCUT2D eigenvalue weighted by Crippen LogP contribution is -2.31. The summed E-state index contributed by atoms with van der Waals surface area (Å²) >= 11 is 0. The van der Waals surface area contributed by atoms with Crippen molar-refractivity contribution < 1.29 is 23.6 Å². The van der Waals surface area contributed by atoms with Gasteiger partial charge in [-0.3, -0.25) is 4.79 Å². The van der Waals surface area contributed by atoms with Crippen LogP contribution < -0.4 is 10.1 Å². The van der Waals surface area contributed by atoms with E-state index in [9.17, 15) is 9.59 Å². The molecule has 2 aromatic rings. The average Bonchev–Trinajstić information content (AvgIpc) is 2.91. The second kappa shape index (κ2) is 7.26. The lowest BCUT2D eigenvalue weighted by atomic mass is 10.3. The van der Waals surface area contributed by atoms with Gasteiger partial charge in [-0.1, -0.05) is 23.4 Å². The maximum atomic E-state index is 11.8. The minimum Gasteiger partial charge on any atom is -0.482 e. The molecule has 7 heteroatoms. The van der Waals surface area contributed by atoms with E-state index in [1.807, 2.05) is 6.07 Å². The molecule has 1 unspecified atom stereocenters. The van der Waals surface area contributed by atoms with Crippen molar-refractivity contribution in [3.8, 4) is 5.75 Å². The van der Waals surface area contributed by atoms with E-state index in [4.69, 9.17) is 14.0 Å². The van der Waals surface area contributed by atoms with Crippen LogP contribution in [0.5, 0.6) is 5.75 Å². The molecule has 22 heavy (non-hydrogen) atoms. The van der Waals surface area contributed by atoms with Crippen LogP contribution >= 0.6 is 0 Å². The molecule has 0 fully saturated rings. The normalized spacial score (nSPS) is 11.5. The number of nitrogens with zero attached hydrogens (tertiary/aromatic N) is 1. The molecule has 0 saturated carbocycles. The minimum atomic E-state index is -0.969. The van der Waals surface area contributed by atoms with Crippen LogP contribution in [0.25, 0.3) is 0 Å². The number of aryl methyl sites for hydroxylation is 1. The standard InChI is InChI=1S/C15H16N2O5/c1-10-8-13(17-22-10)16-15(19)11(2)21-14(18)9-20-12-6-4-3-5-7-12/h3-8,11H,9H2,1-2H3,(H,16,17,19). The number of anilines is 1. The number of carbonyl (C=O) groups excluding carboxylic acids is 2. The molecule has 7 nitrogen and oxygen atoms in total. The molecule has 1 amide bonds. The van der Waals surface area contributed by atoms with E-state index in [2.05, 4.69) is 10.5 Å². The van der Waals surface area contributed by atoms with E-state index in [-0.39, 0.29) is 12.4 Å². The van der Waals surface area contributed by atoms with Gasteiger partial charge in [-0.2, -0.15) is 0 Å². The smallest absolute Gasteiger partial charge is 0.344 e. The highest BCUT2D eigenvalue weighted by molar-refractivity contribution is 5.94. The van der Waals surface area contributed by atoms with Crippen LogP contribution in [0.2, 0.25) is 0 Å². The zero-order valence-corrected chi connectivity index (χ0v) is 12.2. The second-order valence-electron chi connectivity index (χ2n) is 4.55. The maximum Gasteiger partial charge on any atom is 0.344 e. The van der Waals surface area contributed by atoms with Crippen molar-refractivity contribution in [3.05, 3.63) is 42.2 Å². The molecule has 1 heterocycles. The topological polar surface area (TPSA) is 90.7 Å². The molecule has 1 aromatic carbocycles. The van der Waals surface area contributed by atoms with Crippen molar-refractivity contribution in [3.63, 3.8) is 0 Å². The lowest BCUT2D eigenvalue weighted by Gasteiger charge is -2.12. The number of aromatic nitrogens is 1. The zero-order chi connectivity index (χ0) is 15.9. The average molecular weight is 304 g/mol. The Hall–Kier alpha value is -2.83. The van der Waals surface area contributed by atoms with Gasteiger partial charge in [-0.05, 0) is 26.0 Å². The molecule has 1 atom stereocenters. The fourth-order valence-corrected chi connectivity index (χ4v) is 1.60. The van der Waals surface area contributed by atoms with Crippen molar-refractivity contribution in [1.82, 2.24) is 5.16 Å². The van der Waals surface area contributed by atoms with E-state index in [0.717, 1.165) is 0 Å². The molecule has 1 N–H and O–H groups in total. The molecule has 2 rings (SSSR count). The SMILES string of the molecule is Cc1cc(NC(=O)C(C)OC(=O)COc2ccccc2)no1. The number of hydrogen-bond acceptors (Lipinski definition) is 6. The molecule has 0 bridgehead atoms. The Morgan fingerprint density at radius 3 is 2.68 bits per heavy atom. The van der Waals surface area contributed by atoms with Crippen LogP contribution in [-0.2, 0) is 14.3 Å². The second-order valence-corrected chi connectivity index (χ2v) is 4.55. The van der Waals surface area contributed by atoms with Gasteiger partial charge in [0.15, 0.2) is 18.5 Å². The van der Waals surface area contributed by atoms with E-state index in [1.54, 1.807) is 37.3 Å². The first-order chi connectivity index (χ1) is 10.5. The molecule has 0 aliphatic heterocycles. The number of carbonyl (C=O) groups is 2. The van der Waals surface area contributed by atoms with Gasteiger partial charge in [0, 0.05) is 6.07 Å². The fraction of sp³-hybridized carbons (Fsp3) is 0.267. The van der Waals surface area contributed by atoms with E-state index in [0.29, 0.717) is 11.5 Å². The highest BCUT2D eigenvalue weighted by Gasteiger charge is 2.19. The lowest BCUT2D eigenvalue weighted by molar-refractivity contribution is -0.155. The highest BCUT2D eigenvalue weighted by Crippen LogP contribution is 2.09. The quantitative estimate of drug-likeness (QED) is 0.820. The molecular weight excluding hydrogens is 288 g/mol. The van der Waals surface area contributed by atoms with Crippen molar-refractivity contribution >= 4 is 17.7 Å². The molecule has 0 aliphatic rings. The van der Waals surface area contributed by atoms with Crippen LogP contribution in [0.3, 0.4) is 0 Å². The van der Waals surface area contributed by atoms with Gasteiger partial charge in [0.25, 0.3) is 5.91 Å². The van der Waals surface area contributed by atoms with Gasteiger partial charge >= 0.3 is 5.97 Å². The van der Waals surface area contributed by atoms with Crippen LogP contribution in [0.4, 0.5) is 5.82 Å². The summed E-state index contributed by atoms with van der Waals surface area (Å²) in [5.74, 6) is 0.251. The third kappa shape index (κ3) is 4.62. The molecular formula is C15H16N2O5. The van der Waals surface area contributed by atoms with Gasteiger partial charge in [0.2, 0.25) is 0 Å². The summed E-state index contributed by atoms with van der Waals surface area (Å²) in [5.41, 5.74) is 0. The predicted molar refractivity (Wildman–Crippen MR) is 77.4 cm³/mol. The first-order valence-electron chi connectivity index (χ1n) is 6.66. The first kappa shape index (κ1) is 15.6.